The number of hydrogen-bond acceptors (Lipinski definition) is 2. The van der Waals surface area contributed by atoms with E-state index in [-0.39, 0.29) is 5.56 Å². The lowest BCUT2D eigenvalue weighted by atomic mass is 10.1. The predicted octanol–water partition coefficient (Wildman–Crippen LogP) is 4.06. The summed E-state index contributed by atoms with van der Waals surface area (Å²) in [6.07, 6.45) is 0. The standard InChI is InChI=1S/C15H13FN2/c1-10-3-4-11(2)15(7-10)18-13-6-5-12(9-17)14(16)8-13/h3-8,18H,1-2H3. The second-order valence-electron chi connectivity index (χ2n) is 4.25. The minimum atomic E-state index is -0.507. The molecule has 2 aromatic rings. The van der Waals surface area contributed by atoms with Gasteiger partial charge in [-0.15, -0.1) is 0 Å². The lowest BCUT2D eigenvalue weighted by Gasteiger charge is -2.10. The number of nitrogens with zero attached hydrogens (tertiary/aromatic N) is 1. The Bertz CT molecular complexity index is 627. The molecule has 0 heterocycles. The topological polar surface area (TPSA) is 35.8 Å². The average Bonchev–Trinajstić information content (AvgIpc) is 2.34. The Balaban J connectivity index is 2.32. The van der Waals surface area contributed by atoms with Crippen LogP contribution in [-0.4, -0.2) is 0 Å². The number of aryl methyl sites for hydroxylation is 2. The first-order valence-corrected chi connectivity index (χ1v) is 5.64. The van der Waals surface area contributed by atoms with E-state index < -0.39 is 5.82 Å². The lowest BCUT2D eigenvalue weighted by molar-refractivity contribution is 0.624. The van der Waals surface area contributed by atoms with Crippen molar-refractivity contribution in [3.8, 4) is 6.07 Å². The van der Waals surface area contributed by atoms with Crippen molar-refractivity contribution < 1.29 is 4.39 Å². The third-order valence-corrected chi connectivity index (χ3v) is 2.76. The lowest BCUT2D eigenvalue weighted by Crippen LogP contribution is -1.95. The second-order valence-corrected chi connectivity index (χ2v) is 4.25. The van der Waals surface area contributed by atoms with Gasteiger partial charge >= 0.3 is 0 Å². The average molecular weight is 240 g/mol. The van der Waals surface area contributed by atoms with Gasteiger partial charge in [0.2, 0.25) is 0 Å². The molecular weight excluding hydrogens is 227 g/mol. The van der Waals surface area contributed by atoms with Crippen molar-refractivity contribution in [2.45, 2.75) is 13.8 Å². The molecule has 0 fully saturated rings. The van der Waals surface area contributed by atoms with E-state index in [4.69, 9.17) is 5.26 Å². The summed E-state index contributed by atoms with van der Waals surface area (Å²) in [6.45, 7) is 3.99. The maximum absolute atomic E-state index is 13.5. The van der Waals surface area contributed by atoms with Crippen molar-refractivity contribution in [3.63, 3.8) is 0 Å². The van der Waals surface area contributed by atoms with Gasteiger partial charge < -0.3 is 5.32 Å². The summed E-state index contributed by atoms with van der Waals surface area (Å²) in [4.78, 5) is 0. The maximum Gasteiger partial charge on any atom is 0.143 e. The van der Waals surface area contributed by atoms with Gasteiger partial charge in [0.25, 0.3) is 0 Å². The molecule has 2 rings (SSSR count). The highest BCUT2D eigenvalue weighted by Gasteiger charge is 2.04. The van der Waals surface area contributed by atoms with Crippen LogP contribution in [0.4, 0.5) is 15.8 Å². The molecule has 0 radical (unpaired) electrons. The Labute approximate surface area is 106 Å². The molecule has 0 aliphatic heterocycles. The van der Waals surface area contributed by atoms with Gasteiger partial charge in [-0.3, -0.25) is 0 Å². The zero-order valence-electron chi connectivity index (χ0n) is 10.3. The van der Waals surface area contributed by atoms with Crippen molar-refractivity contribution in [1.29, 1.82) is 5.26 Å². The predicted molar refractivity (Wildman–Crippen MR) is 70.3 cm³/mol. The molecule has 0 spiro atoms. The van der Waals surface area contributed by atoms with Gasteiger partial charge in [0.15, 0.2) is 0 Å². The minimum Gasteiger partial charge on any atom is -0.355 e. The first-order chi connectivity index (χ1) is 8.60. The van der Waals surface area contributed by atoms with Gasteiger partial charge in [0.1, 0.15) is 11.9 Å². The fourth-order valence-corrected chi connectivity index (χ4v) is 1.71. The summed E-state index contributed by atoms with van der Waals surface area (Å²) in [5.41, 5.74) is 3.86. The van der Waals surface area contributed by atoms with Crippen LogP contribution in [-0.2, 0) is 0 Å². The zero-order chi connectivity index (χ0) is 13.1. The first-order valence-electron chi connectivity index (χ1n) is 5.64. The first kappa shape index (κ1) is 12.1. The largest absolute Gasteiger partial charge is 0.355 e. The minimum absolute atomic E-state index is 0.0570. The molecule has 0 bridgehead atoms. The normalized spacial score (nSPS) is 9.89. The fourth-order valence-electron chi connectivity index (χ4n) is 1.71. The summed E-state index contributed by atoms with van der Waals surface area (Å²) in [6, 6.07) is 12.4. The molecule has 0 aliphatic rings. The van der Waals surface area contributed by atoms with Crippen LogP contribution in [0.1, 0.15) is 16.7 Å². The van der Waals surface area contributed by atoms with Crippen LogP contribution in [0.15, 0.2) is 36.4 Å². The molecule has 0 saturated heterocycles. The Kier molecular flexibility index (Phi) is 3.29. The number of anilines is 2. The van der Waals surface area contributed by atoms with Gasteiger partial charge in [0.05, 0.1) is 5.56 Å². The molecule has 90 valence electrons. The van der Waals surface area contributed by atoms with Crippen molar-refractivity contribution in [3.05, 3.63) is 58.9 Å². The molecule has 0 aliphatic carbocycles. The highest BCUT2D eigenvalue weighted by atomic mass is 19.1. The summed E-state index contributed by atoms with van der Waals surface area (Å²) >= 11 is 0. The molecular formula is C15H13FN2. The number of nitriles is 1. The molecule has 0 amide bonds. The molecule has 1 N–H and O–H groups in total. The van der Waals surface area contributed by atoms with Crippen molar-refractivity contribution >= 4 is 11.4 Å². The van der Waals surface area contributed by atoms with E-state index in [2.05, 4.69) is 5.32 Å². The van der Waals surface area contributed by atoms with Crippen LogP contribution < -0.4 is 5.32 Å². The maximum atomic E-state index is 13.5. The van der Waals surface area contributed by atoms with E-state index in [1.807, 2.05) is 32.0 Å². The third kappa shape index (κ3) is 2.49. The number of nitrogens with one attached hydrogen (secondary N) is 1. The van der Waals surface area contributed by atoms with Crippen molar-refractivity contribution in [1.82, 2.24) is 0 Å². The SMILES string of the molecule is Cc1ccc(C)c(Nc2ccc(C#N)c(F)c2)c1. The second kappa shape index (κ2) is 4.89. The summed E-state index contributed by atoms with van der Waals surface area (Å²) < 4.78 is 13.5. The van der Waals surface area contributed by atoms with E-state index >= 15 is 0 Å². The van der Waals surface area contributed by atoms with E-state index in [0.29, 0.717) is 5.69 Å². The van der Waals surface area contributed by atoms with Crippen molar-refractivity contribution in [2.75, 3.05) is 5.32 Å². The van der Waals surface area contributed by atoms with Gasteiger partial charge in [-0.1, -0.05) is 12.1 Å². The van der Waals surface area contributed by atoms with Crippen molar-refractivity contribution in [2.24, 2.45) is 0 Å². The number of rotatable bonds is 2. The number of hydrogen-bond donors (Lipinski definition) is 1. The van der Waals surface area contributed by atoms with E-state index in [9.17, 15) is 4.39 Å². The van der Waals surface area contributed by atoms with Crippen LogP contribution in [0.2, 0.25) is 0 Å². The quantitative estimate of drug-likeness (QED) is 0.859. The Morgan fingerprint density at radius 2 is 1.89 bits per heavy atom. The molecule has 2 aromatic carbocycles. The molecule has 0 aromatic heterocycles. The molecule has 0 unspecified atom stereocenters. The number of benzene rings is 2. The molecule has 0 atom stereocenters. The third-order valence-electron chi connectivity index (χ3n) is 2.76. The highest BCUT2D eigenvalue weighted by molar-refractivity contribution is 5.64. The van der Waals surface area contributed by atoms with Crippen LogP contribution in [0, 0.1) is 31.0 Å². The van der Waals surface area contributed by atoms with Crippen LogP contribution in [0.3, 0.4) is 0 Å². The van der Waals surface area contributed by atoms with E-state index in [1.54, 1.807) is 12.1 Å². The molecule has 18 heavy (non-hydrogen) atoms. The monoisotopic (exact) mass is 240 g/mol. The van der Waals surface area contributed by atoms with Gasteiger partial charge in [-0.05, 0) is 49.2 Å². The van der Waals surface area contributed by atoms with Gasteiger partial charge in [-0.25, -0.2) is 4.39 Å². The fraction of sp³-hybridized carbons (Fsp3) is 0.133. The van der Waals surface area contributed by atoms with Crippen LogP contribution in [0.25, 0.3) is 0 Å². The summed E-state index contributed by atoms with van der Waals surface area (Å²) in [5, 5.41) is 11.8. The molecule has 0 saturated carbocycles. The smallest absolute Gasteiger partial charge is 0.143 e. The van der Waals surface area contributed by atoms with Gasteiger partial charge in [-0.2, -0.15) is 5.26 Å². The van der Waals surface area contributed by atoms with Gasteiger partial charge in [0, 0.05) is 11.4 Å². The van der Waals surface area contributed by atoms with E-state index in [1.165, 1.54) is 12.1 Å². The highest BCUT2D eigenvalue weighted by Crippen LogP contribution is 2.23. The van der Waals surface area contributed by atoms with Crippen LogP contribution >= 0.6 is 0 Å². The van der Waals surface area contributed by atoms with E-state index in [0.717, 1.165) is 16.8 Å². The number of halogens is 1. The zero-order valence-corrected chi connectivity index (χ0v) is 10.3. The Hall–Kier alpha value is -2.34. The van der Waals surface area contributed by atoms with Crippen LogP contribution in [0.5, 0.6) is 0 Å². The Morgan fingerprint density at radius 1 is 1.11 bits per heavy atom. The summed E-state index contributed by atoms with van der Waals surface area (Å²) in [5.74, 6) is -0.507. The summed E-state index contributed by atoms with van der Waals surface area (Å²) in [7, 11) is 0. The molecule has 3 heteroatoms. The molecule has 2 nitrogen and oxygen atoms in total. The Morgan fingerprint density at radius 3 is 2.56 bits per heavy atom.